The molecule has 2 heterocycles. The maximum atomic E-state index is 4.92. The fraction of sp³-hybridized carbons (Fsp3) is 0.286. The molecule has 0 saturated heterocycles. The second-order valence-corrected chi connectivity index (χ2v) is 3.20. The number of aromatic nitrogens is 3. The number of methoxy groups -OCH3 is 1. The largest absolute Gasteiger partial charge is 0.375 e. The van der Waals surface area contributed by atoms with Gasteiger partial charge in [-0.1, -0.05) is 5.16 Å². The zero-order chi connectivity index (χ0) is 9.10. The minimum absolute atomic E-state index is 0.339. The molecule has 13 heavy (non-hydrogen) atoms. The number of ether oxygens (including phenoxy) is 1. The molecule has 0 amide bonds. The fourth-order valence-electron chi connectivity index (χ4n) is 0.863. The van der Waals surface area contributed by atoms with Gasteiger partial charge in [-0.05, 0) is 0 Å². The molecule has 0 spiro atoms. The monoisotopic (exact) mass is 197 g/mol. The van der Waals surface area contributed by atoms with E-state index < -0.39 is 0 Å². The van der Waals surface area contributed by atoms with Gasteiger partial charge in [-0.25, -0.2) is 0 Å². The van der Waals surface area contributed by atoms with Crippen LogP contribution in [0.3, 0.4) is 0 Å². The van der Waals surface area contributed by atoms with Crippen molar-refractivity contribution >= 4 is 11.3 Å². The smallest absolute Gasteiger partial charge is 0.252 e. The lowest BCUT2D eigenvalue weighted by atomic mass is 10.5. The quantitative estimate of drug-likeness (QED) is 0.743. The first kappa shape index (κ1) is 8.33. The zero-order valence-electron chi connectivity index (χ0n) is 6.93. The van der Waals surface area contributed by atoms with E-state index in [9.17, 15) is 0 Å². The van der Waals surface area contributed by atoms with Gasteiger partial charge in [0.25, 0.3) is 5.89 Å². The first-order chi connectivity index (χ1) is 6.40. The molecule has 0 saturated carbocycles. The summed E-state index contributed by atoms with van der Waals surface area (Å²) >= 11 is 1.47. The van der Waals surface area contributed by atoms with Gasteiger partial charge in [-0.3, -0.25) is 4.98 Å². The molecule has 0 aliphatic carbocycles. The van der Waals surface area contributed by atoms with Crippen molar-refractivity contribution in [1.82, 2.24) is 15.1 Å². The van der Waals surface area contributed by atoms with Gasteiger partial charge >= 0.3 is 0 Å². The Hall–Kier alpha value is -1.27. The van der Waals surface area contributed by atoms with Crippen LogP contribution in [0.25, 0.3) is 10.7 Å². The fourth-order valence-corrected chi connectivity index (χ4v) is 1.41. The van der Waals surface area contributed by atoms with Gasteiger partial charge in [-0.15, -0.1) is 11.3 Å². The van der Waals surface area contributed by atoms with Crippen LogP contribution in [0.2, 0.25) is 0 Å². The van der Waals surface area contributed by atoms with Crippen molar-refractivity contribution in [2.45, 2.75) is 6.61 Å². The van der Waals surface area contributed by atoms with E-state index in [2.05, 4.69) is 15.1 Å². The van der Waals surface area contributed by atoms with E-state index in [1.165, 1.54) is 11.3 Å². The highest BCUT2D eigenvalue weighted by molar-refractivity contribution is 7.13. The number of thiazole rings is 1. The van der Waals surface area contributed by atoms with Crippen LogP contribution in [-0.2, 0) is 11.3 Å². The Kier molecular flexibility index (Phi) is 2.33. The van der Waals surface area contributed by atoms with Crippen molar-refractivity contribution in [2.24, 2.45) is 0 Å². The maximum Gasteiger partial charge on any atom is 0.252 e. The van der Waals surface area contributed by atoms with Gasteiger partial charge in [0.05, 0.1) is 10.4 Å². The van der Waals surface area contributed by atoms with Gasteiger partial charge in [0.1, 0.15) is 6.61 Å². The standard InChI is InChI=1S/C7H7N3O2S/c1-11-3-6-9-7(10-12-6)5-2-8-4-13-5/h2,4H,3H2,1H3. The molecule has 0 fully saturated rings. The molecule has 0 unspecified atom stereocenters. The third kappa shape index (κ3) is 1.73. The highest BCUT2D eigenvalue weighted by Gasteiger charge is 2.08. The second kappa shape index (κ2) is 3.63. The van der Waals surface area contributed by atoms with Crippen molar-refractivity contribution in [2.75, 3.05) is 7.11 Å². The van der Waals surface area contributed by atoms with Crippen molar-refractivity contribution < 1.29 is 9.26 Å². The molecule has 0 aliphatic rings. The van der Waals surface area contributed by atoms with Crippen molar-refractivity contribution in [1.29, 1.82) is 0 Å². The average molecular weight is 197 g/mol. The van der Waals surface area contributed by atoms with Crippen LogP contribution < -0.4 is 0 Å². The van der Waals surface area contributed by atoms with Gasteiger partial charge in [0, 0.05) is 13.3 Å². The van der Waals surface area contributed by atoms with Crippen LogP contribution in [0.5, 0.6) is 0 Å². The normalized spacial score (nSPS) is 10.5. The molecule has 0 N–H and O–H groups in total. The van der Waals surface area contributed by atoms with E-state index in [1.54, 1.807) is 18.8 Å². The van der Waals surface area contributed by atoms with Crippen LogP contribution in [0.15, 0.2) is 16.2 Å². The number of nitrogens with zero attached hydrogens (tertiary/aromatic N) is 3. The predicted molar refractivity (Wildman–Crippen MR) is 46.1 cm³/mol. The molecule has 0 atom stereocenters. The molecule has 6 heteroatoms. The third-order valence-corrected chi connectivity index (χ3v) is 2.16. The molecule has 0 bridgehead atoms. The Labute approximate surface area is 78.4 Å². The van der Waals surface area contributed by atoms with Crippen LogP contribution in [0.1, 0.15) is 5.89 Å². The molecule has 0 radical (unpaired) electrons. The maximum absolute atomic E-state index is 4.92. The zero-order valence-corrected chi connectivity index (χ0v) is 7.74. The highest BCUT2D eigenvalue weighted by atomic mass is 32.1. The summed E-state index contributed by atoms with van der Waals surface area (Å²) in [5.41, 5.74) is 1.72. The molecule has 0 aromatic carbocycles. The molecule has 5 nitrogen and oxygen atoms in total. The highest BCUT2D eigenvalue weighted by Crippen LogP contribution is 2.19. The van der Waals surface area contributed by atoms with Gasteiger partial charge < -0.3 is 9.26 Å². The Balaban J connectivity index is 2.23. The van der Waals surface area contributed by atoms with Crippen LogP contribution >= 0.6 is 11.3 Å². The molecular formula is C7H7N3O2S. The van der Waals surface area contributed by atoms with E-state index in [-0.39, 0.29) is 0 Å². The van der Waals surface area contributed by atoms with Crippen LogP contribution in [-0.4, -0.2) is 22.2 Å². The van der Waals surface area contributed by atoms with Crippen molar-refractivity contribution in [3.8, 4) is 10.7 Å². The lowest BCUT2D eigenvalue weighted by Crippen LogP contribution is -1.86. The van der Waals surface area contributed by atoms with Crippen molar-refractivity contribution in [3.63, 3.8) is 0 Å². The summed E-state index contributed by atoms with van der Waals surface area (Å²) in [4.78, 5) is 8.92. The summed E-state index contributed by atoms with van der Waals surface area (Å²) in [7, 11) is 1.58. The molecule has 2 rings (SSSR count). The van der Waals surface area contributed by atoms with E-state index in [0.29, 0.717) is 18.3 Å². The van der Waals surface area contributed by atoms with E-state index in [0.717, 1.165) is 4.88 Å². The summed E-state index contributed by atoms with van der Waals surface area (Å²) < 4.78 is 9.77. The van der Waals surface area contributed by atoms with E-state index >= 15 is 0 Å². The van der Waals surface area contributed by atoms with Gasteiger partial charge in [-0.2, -0.15) is 4.98 Å². The lowest BCUT2D eigenvalue weighted by Gasteiger charge is -1.86. The molecule has 0 aliphatic heterocycles. The number of hydrogen-bond donors (Lipinski definition) is 0. The third-order valence-electron chi connectivity index (χ3n) is 1.39. The first-order valence-corrected chi connectivity index (χ1v) is 4.48. The second-order valence-electron chi connectivity index (χ2n) is 2.31. The van der Waals surface area contributed by atoms with Crippen LogP contribution in [0, 0.1) is 0 Å². The first-order valence-electron chi connectivity index (χ1n) is 3.60. The van der Waals surface area contributed by atoms with Crippen LogP contribution in [0.4, 0.5) is 0 Å². The predicted octanol–water partition coefficient (Wildman–Crippen LogP) is 1.34. The van der Waals surface area contributed by atoms with Gasteiger partial charge in [0.15, 0.2) is 0 Å². The number of hydrogen-bond acceptors (Lipinski definition) is 6. The molecular weight excluding hydrogens is 190 g/mol. The Morgan fingerprint density at radius 3 is 3.23 bits per heavy atom. The Bertz CT molecular complexity index is 371. The van der Waals surface area contributed by atoms with Gasteiger partial charge in [0.2, 0.25) is 5.82 Å². The SMILES string of the molecule is COCc1nc(-c2cncs2)no1. The summed E-state index contributed by atoms with van der Waals surface area (Å²) in [6.07, 6.45) is 1.70. The summed E-state index contributed by atoms with van der Waals surface area (Å²) in [5.74, 6) is 1.04. The summed E-state index contributed by atoms with van der Waals surface area (Å²) in [6.45, 7) is 0.339. The molecule has 68 valence electrons. The van der Waals surface area contributed by atoms with Crippen molar-refractivity contribution in [3.05, 3.63) is 17.6 Å². The Morgan fingerprint density at radius 2 is 2.54 bits per heavy atom. The lowest BCUT2D eigenvalue weighted by molar-refractivity contribution is 0.151. The minimum Gasteiger partial charge on any atom is -0.375 e. The minimum atomic E-state index is 0.339. The summed E-state index contributed by atoms with van der Waals surface area (Å²) in [6, 6.07) is 0. The molecule has 2 aromatic heterocycles. The summed E-state index contributed by atoms with van der Waals surface area (Å²) in [5, 5.41) is 3.78. The Morgan fingerprint density at radius 1 is 1.62 bits per heavy atom. The average Bonchev–Trinajstić information content (AvgIpc) is 2.70. The molecule has 2 aromatic rings. The van der Waals surface area contributed by atoms with E-state index in [1.807, 2.05) is 0 Å². The topological polar surface area (TPSA) is 61.0 Å². The van der Waals surface area contributed by atoms with E-state index in [4.69, 9.17) is 9.26 Å². The number of rotatable bonds is 3.